The fourth-order valence-electron chi connectivity index (χ4n) is 4.81. The lowest BCUT2D eigenvalue weighted by Crippen LogP contribution is -2.34. The van der Waals surface area contributed by atoms with Crippen molar-refractivity contribution in [3.63, 3.8) is 0 Å². The molecule has 208 valence electrons. The molecule has 1 saturated carbocycles. The Morgan fingerprint density at radius 1 is 1.29 bits per heavy atom. The number of nitrogens with zero attached hydrogens (tertiary/aromatic N) is 3. The minimum absolute atomic E-state index is 0.00477. The maximum Gasteiger partial charge on any atom is 0.391 e. The Balaban J connectivity index is 1.83. The molecule has 1 atom stereocenters. The predicted octanol–water partition coefficient (Wildman–Crippen LogP) is 4.39. The average molecular weight is 555 g/mol. The fourth-order valence-corrected chi connectivity index (χ4v) is 5.94. The van der Waals surface area contributed by atoms with Crippen molar-refractivity contribution in [2.45, 2.75) is 63.8 Å². The maximum absolute atomic E-state index is 13.1. The Kier molecular flexibility index (Phi) is 9.13. The summed E-state index contributed by atoms with van der Waals surface area (Å²) in [4.78, 5) is 17.5. The number of alkyl halides is 3. The first-order valence-corrected chi connectivity index (χ1v) is 14.5. The monoisotopic (exact) mass is 554 g/mol. The van der Waals surface area contributed by atoms with Gasteiger partial charge in [0.2, 0.25) is 0 Å². The summed E-state index contributed by atoms with van der Waals surface area (Å²) < 4.78 is 69.6. The first-order valence-electron chi connectivity index (χ1n) is 12.5. The van der Waals surface area contributed by atoms with E-state index in [2.05, 4.69) is 10.3 Å². The van der Waals surface area contributed by atoms with E-state index in [0.717, 1.165) is 6.92 Å². The molecule has 1 N–H and O–H groups in total. The van der Waals surface area contributed by atoms with E-state index in [1.54, 1.807) is 12.1 Å². The first kappa shape index (κ1) is 29.5. The molecule has 0 radical (unpaired) electrons. The largest absolute Gasteiger partial charge is 0.495 e. The van der Waals surface area contributed by atoms with Crippen molar-refractivity contribution < 1.29 is 31.1 Å². The number of benzene rings is 1. The lowest BCUT2D eigenvalue weighted by Gasteiger charge is -2.27. The zero-order chi connectivity index (χ0) is 28.3. The number of carbonyl (C=O) groups is 1. The molecule has 1 aliphatic carbocycles. The highest BCUT2D eigenvalue weighted by atomic mass is 32.2. The zero-order valence-electron chi connectivity index (χ0n) is 21.9. The van der Waals surface area contributed by atoms with Crippen molar-refractivity contribution in [3.05, 3.63) is 41.0 Å². The number of hydrogen-bond acceptors (Lipinski definition) is 6. The number of rotatable bonds is 9. The third kappa shape index (κ3) is 6.67. The highest BCUT2D eigenvalue weighted by Gasteiger charge is 2.36. The molecule has 1 unspecified atom stereocenters. The van der Waals surface area contributed by atoms with Gasteiger partial charge in [0, 0.05) is 19.2 Å². The summed E-state index contributed by atoms with van der Waals surface area (Å²) in [5.74, 6) is -1.24. The fraction of sp³-hybridized carbons (Fsp3) is 0.577. The molecule has 0 saturated heterocycles. The Bertz CT molecular complexity index is 1310. The summed E-state index contributed by atoms with van der Waals surface area (Å²) in [6, 6.07) is 6.67. The van der Waals surface area contributed by atoms with E-state index < -0.39 is 27.8 Å². The van der Waals surface area contributed by atoms with Crippen LogP contribution < -0.4 is 10.1 Å². The van der Waals surface area contributed by atoms with Gasteiger partial charge in [-0.05, 0) is 55.7 Å². The molecule has 1 aliphatic rings. The van der Waals surface area contributed by atoms with Crippen LogP contribution in [0.25, 0.3) is 5.69 Å². The van der Waals surface area contributed by atoms with Crippen molar-refractivity contribution in [2.75, 3.05) is 19.9 Å². The van der Waals surface area contributed by atoms with E-state index in [-0.39, 0.29) is 34.7 Å². The predicted molar refractivity (Wildman–Crippen MR) is 136 cm³/mol. The van der Waals surface area contributed by atoms with E-state index in [1.807, 2.05) is 13.0 Å². The summed E-state index contributed by atoms with van der Waals surface area (Å²) >= 11 is 0. The van der Waals surface area contributed by atoms with Gasteiger partial charge < -0.3 is 10.1 Å². The van der Waals surface area contributed by atoms with Gasteiger partial charge in [-0.1, -0.05) is 19.9 Å². The molecule has 1 heterocycles. The summed E-state index contributed by atoms with van der Waals surface area (Å²) in [6.45, 7) is 3.26. The number of imidazole rings is 1. The van der Waals surface area contributed by atoms with Gasteiger partial charge in [-0.15, -0.1) is 0 Å². The summed E-state index contributed by atoms with van der Waals surface area (Å²) in [5, 5.41) is 12.4. The molecule has 12 heteroatoms. The number of aryl methyl sites for hydroxylation is 1. The molecular formula is C26H33F3N4O4S. The highest BCUT2D eigenvalue weighted by Crippen LogP contribution is 2.33. The second-order valence-corrected chi connectivity index (χ2v) is 12.2. The minimum Gasteiger partial charge on any atom is -0.495 e. The van der Waals surface area contributed by atoms with Crippen molar-refractivity contribution in [1.82, 2.24) is 14.9 Å². The lowest BCUT2D eigenvalue weighted by atomic mass is 9.89. The Morgan fingerprint density at radius 2 is 1.95 bits per heavy atom. The van der Waals surface area contributed by atoms with E-state index >= 15 is 0 Å². The van der Waals surface area contributed by atoms with Crippen LogP contribution in [0.1, 0.15) is 67.1 Å². The zero-order valence-corrected chi connectivity index (χ0v) is 22.7. The molecule has 1 fully saturated rings. The molecular weight excluding hydrogens is 521 g/mol. The van der Waals surface area contributed by atoms with Crippen LogP contribution in [0, 0.1) is 23.2 Å². The number of halogens is 3. The second-order valence-electron chi connectivity index (χ2n) is 9.86. The van der Waals surface area contributed by atoms with Gasteiger partial charge in [0.1, 0.15) is 27.5 Å². The molecule has 1 amide bonds. The quantitative estimate of drug-likeness (QED) is 0.492. The van der Waals surface area contributed by atoms with Gasteiger partial charge in [-0.25, -0.2) is 13.4 Å². The number of aromatic nitrogens is 2. The maximum atomic E-state index is 13.1. The van der Waals surface area contributed by atoms with Crippen LogP contribution >= 0.6 is 0 Å². The van der Waals surface area contributed by atoms with E-state index in [1.165, 1.54) is 24.0 Å². The second kappa shape index (κ2) is 11.8. The molecule has 2 aromatic rings. The number of hydrogen-bond donors (Lipinski definition) is 1. The van der Waals surface area contributed by atoms with Crippen molar-refractivity contribution >= 4 is 15.7 Å². The van der Waals surface area contributed by atoms with E-state index in [9.17, 15) is 31.6 Å². The SMILES string of the molecule is CCc1nc(C(=O)NCC2CCC(S(C)(=O)=O)CC2)c(C#N)n1-c1ccc(CC(C)C(F)(F)F)cc1OC. The molecule has 0 bridgehead atoms. The van der Waals surface area contributed by atoms with Crippen LogP contribution in [0.2, 0.25) is 0 Å². The van der Waals surface area contributed by atoms with Crippen LogP contribution in [0.3, 0.4) is 0 Å². The van der Waals surface area contributed by atoms with Crippen molar-refractivity contribution in [3.8, 4) is 17.5 Å². The molecule has 1 aromatic carbocycles. The number of nitriles is 1. The van der Waals surface area contributed by atoms with Gasteiger partial charge in [0.05, 0.1) is 24.0 Å². The van der Waals surface area contributed by atoms with E-state index in [4.69, 9.17) is 4.74 Å². The number of amides is 1. The molecule has 0 aliphatic heterocycles. The number of ether oxygens (including phenoxy) is 1. The van der Waals surface area contributed by atoms with Crippen LogP contribution in [-0.2, 0) is 22.7 Å². The van der Waals surface area contributed by atoms with Crippen LogP contribution in [0.5, 0.6) is 5.75 Å². The topological polar surface area (TPSA) is 114 Å². The molecule has 0 spiro atoms. The highest BCUT2D eigenvalue weighted by molar-refractivity contribution is 7.91. The van der Waals surface area contributed by atoms with Gasteiger partial charge in [0.15, 0.2) is 11.4 Å². The number of sulfone groups is 1. The van der Waals surface area contributed by atoms with Crippen LogP contribution in [-0.4, -0.2) is 55.2 Å². The standard InChI is InChI=1S/C26H33F3N4O4S/c1-5-23-32-24(25(34)31-15-17-6-9-19(10-7-17)38(4,35)36)21(14-30)33(23)20-11-8-18(13-22(20)37-3)12-16(2)26(27,28)29/h8,11,13,16-17,19H,5-7,9-10,12,15H2,1-4H3,(H,31,34). The van der Waals surface area contributed by atoms with Crippen molar-refractivity contribution in [1.29, 1.82) is 5.26 Å². The van der Waals surface area contributed by atoms with Gasteiger partial charge in [-0.2, -0.15) is 18.4 Å². The van der Waals surface area contributed by atoms with Gasteiger partial charge >= 0.3 is 6.18 Å². The summed E-state index contributed by atoms with van der Waals surface area (Å²) in [6.07, 6.45) is -0.471. The van der Waals surface area contributed by atoms with Gasteiger partial charge in [-0.3, -0.25) is 9.36 Å². The molecule has 38 heavy (non-hydrogen) atoms. The first-order chi connectivity index (χ1) is 17.8. The third-order valence-electron chi connectivity index (χ3n) is 7.12. The Labute approximate surface area is 221 Å². The molecule has 8 nitrogen and oxygen atoms in total. The lowest BCUT2D eigenvalue weighted by molar-refractivity contribution is -0.169. The Morgan fingerprint density at radius 3 is 2.47 bits per heavy atom. The number of nitrogens with one attached hydrogen (secondary N) is 1. The van der Waals surface area contributed by atoms with Gasteiger partial charge in [0.25, 0.3) is 5.91 Å². The summed E-state index contributed by atoms with van der Waals surface area (Å²) in [7, 11) is -1.70. The Hall–Kier alpha value is -3.07. The number of carbonyl (C=O) groups excluding carboxylic acids is 1. The normalized spacial score (nSPS) is 19.0. The molecule has 1 aromatic heterocycles. The average Bonchev–Trinajstić information content (AvgIpc) is 3.25. The van der Waals surface area contributed by atoms with Crippen LogP contribution in [0.15, 0.2) is 18.2 Å². The van der Waals surface area contributed by atoms with Crippen LogP contribution in [0.4, 0.5) is 13.2 Å². The number of methoxy groups -OCH3 is 1. The third-order valence-corrected chi connectivity index (χ3v) is 8.80. The smallest absolute Gasteiger partial charge is 0.391 e. The minimum atomic E-state index is -4.32. The van der Waals surface area contributed by atoms with E-state index in [0.29, 0.717) is 55.7 Å². The molecule has 3 rings (SSSR count). The van der Waals surface area contributed by atoms with Crippen molar-refractivity contribution in [2.24, 2.45) is 11.8 Å². The summed E-state index contributed by atoms with van der Waals surface area (Å²) in [5.41, 5.74) is 0.770.